The molecule has 2 aromatic rings. The minimum absolute atomic E-state index is 0.171. The van der Waals surface area contributed by atoms with Gasteiger partial charge in [0, 0.05) is 24.0 Å². The molecule has 1 aliphatic heterocycles. The van der Waals surface area contributed by atoms with Crippen LogP contribution in [0.4, 0.5) is 0 Å². The molecule has 1 saturated heterocycles. The van der Waals surface area contributed by atoms with Crippen molar-refractivity contribution in [3.63, 3.8) is 0 Å². The lowest BCUT2D eigenvalue weighted by molar-refractivity contribution is 0.0940. The number of amides is 1. The summed E-state index contributed by atoms with van der Waals surface area (Å²) in [7, 11) is 0. The molecule has 1 fully saturated rings. The van der Waals surface area contributed by atoms with Gasteiger partial charge in [0.15, 0.2) is 0 Å². The molecule has 3 rings (SSSR count). The van der Waals surface area contributed by atoms with E-state index in [0.717, 1.165) is 30.8 Å². The van der Waals surface area contributed by atoms with E-state index in [1.165, 1.54) is 0 Å². The molecule has 0 radical (unpaired) electrons. The van der Waals surface area contributed by atoms with Crippen LogP contribution in [0.2, 0.25) is 0 Å². The van der Waals surface area contributed by atoms with E-state index in [1.54, 1.807) is 4.52 Å². The lowest BCUT2D eigenvalue weighted by Gasteiger charge is -2.09. The van der Waals surface area contributed by atoms with Gasteiger partial charge in [-0.1, -0.05) is 0 Å². The third-order valence-corrected chi connectivity index (χ3v) is 3.49. The number of hydrogen-bond acceptors (Lipinski definition) is 5. The van der Waals surface area contributed by atoms with Crippen molar-refractivity contribution in [2.45, 2.75) is 32.7 Å². The molecule has 1 amide bonds. The molecule has 2 aromatic heterocycles. The Kier molecular flexibility index (Phi) is 3.35. The van der Waals surface area contributed by atoms with E-state index < -0.39 is 0 Å². The summed E-state index contributed by atoms with van der Waals surface area (Å²) in [6.07, 6.45) is 2.26. The van der Waals surface area contributed by atoms with E-state index in [1.807, 2.05) is 19.9 Å². The van der Waals surface area contributed by atoms with Gasteiger partial charge in [0.1, 0.15) is 0 Å². The van der Waals surface area contributed by atoms with E-state index in [-0.39, 0.29) is 11.7 Å². The lowest BCUT2D eigenvalue weighted by Crippen LogP contribution is -2.37. The lowest BCUT2D eigenvalue weighted by atomic mass is 10.2. The number of carbonyl (C=O) groups excluding carboxylic acids is 1. The van der Waals surface area contributed by atoms with E-state index in [4.69, 9.17) is 0 Å². The predicted molar refractivity (Wildman–Crippen MR) is 73.6 cm³/mol. The van der Waals surface area contributed by atoms with Crippen LogP contribution >= 0.6 is 0 Å². The van der Waals surface area contributed by atoms with Crippen LogP contribution in [0, 0.1) is 13.8 Å². The quantitative estimate of drug-likeness (QED) is 0.836. The standard InChI is InChI=1S/C13H18N6O/c1-8-6-9(2)19-13(16-8)17-11(18-19)12(20)15-7-10-4-3-5-14-10/h6,10,14H,3-5,7H2,1-2H3,(H,15,20). The maximum Gasteiger partial charge on any atom is 0.291 e. The zero-order valence-electron chi connectivity index (χ0n) is 11.7. The number of rotatable bonds is 3. The highest BCUT2D eigenvalue weighted by atomic mass is 16.2. The van der Waals surface area contributed by atoms with Crippen LogP contribution < -0.4 is 10.6 Å². The van der Waals surface area contributed by atoms with Gasteiger partial charge in [-0.2, -0.15) is 4.98 Å². The molecule has 2 N–H and O–H groups in total. The zero-order valence-corrected chi connectivity index (χ0v) is 11.7. The van der Waals surface area contributed by atoms with Gasteiger partial charge >= 0.3 is 0 Å². The third-order valence-electron chi connectivity index (χ3n) is 3.49. The van der Waals surface area contributed by atoms with E-state index in [0.29, 0.717) is 18.4 Å². The van der Waals surface area contributed by atoms with Gasteiger partial charge in [0.25, 0.3) is 11.7 Å². The minimum atomic E-state index is -0.249. The number of hydrogen-bond donors (Lipinski definition) is 2. The highest BCUT2D eigenvalue weighted by molar-refractivity contribution is 5.90. The smallest absolute Gasteiger partial charge is 0.291 e. The average molecular weight is 274 g/mol. The van der Waals surface area contributed by atoms with Crippen molar-refractivity contribution in [3.05, 3.63) is 23.3 Å². The fourth-order valence-electron chi connectivity index (χ4n) is 2.49. The molecule has 1 atom stereocenters. The van der Waals surface area contributed by atoms with E-state index >= 15 is 0 Å². The summed E-state index contributed by atoms with van der Waals surface area (Å²) in [6.45, 7) is 5.45. The summed E-state index contributed by atoms with van der Waals surface area (Å²) in [5, 5.41) is 10.4. The third kappa shape index (κ3) is 2.49. The van der Waals surface area contributed by atoms with Crippen LogP contribution in [0.25, 0.3) is 5.78 Å². The Balaban J connectivity index is 1.75. The molecule has 3 heterocycles. The number of nitrogens with one attached hydrogen (secondary N) is 2. The monoisotopic (exact) mass is 274 g/mol. The molecule has 0 aliphatic carbocycles. The Bertz CT molecular complexity index is 644. The van der Waals surface area contributed by atoms with Gasteiger partial charge in [-0.25, -0.2) is 9.50 Å². The van der Waals surface area contributed by atoms with Crippen LogP contribution in [0.3, 0.4) is 0 Å². The molecule has 7 nitrogen and oxygen atoms in total. The molecule has 0 spiro atoms. The maximum absolute atomic E-state index is 12.1. The summed E-state index contributed by atoms with van der Waals surface area (Å²) in [6, 6.07) is 2.27. The molecule has 0 bridgehead atoms. The first-order chi connectivity index (χ1) is 9.63. The van der Waals surface area contributed by atoms with Crippen molar-refractivity contribution < 1.29 is 4.79 Å². The summed E-state index contributed by atoms with van der Waals surface area (Å²) >= 11 is 0. The molecular formula is C13H18N6O. The first-order valence-corrected chi connectivity index (χ1v) is 6.86. The average Bonchev–Trinajstić information content (AvgIpc) is 3.04. The van der Waals surface area contributed by atoms with Crippen LogP contribution in [0.5, 0.6) is 0 Å². The van der Waals surface area contributed by atoms with Gasteiger partial charge in [-0.3, -0.25) is 4.79 Å². The highest BCUT2D eigenvalue weighted by Crippen LogP contribution is 2.06. The van der Waals surface area contributed by atoms with Crippen molar-refractivity contribution in [3.8, 4) is 0 Å². The molecule has 0 saturated carbocycles. The topological polar surface area (TPSA) is 84.2 Å². The summed E-state index contributed by atoms with van der Waals surface area (Å²) < 4.78 is 1.59. The van der Waals surface area contributed by atoms with Gasteiger partial charge in [0.05, 0.1) is 0 Å². The van der Waals surface area contributed by atoms with E-state index in [2.05, 4.69) is 25.7 Å². The van der Waals surface area contributed by atoms with Gasteiger partial charge in [0.2, 0.25) is 5.82 Å². The maximum atomic E-state index is 12.1. The summed E-state index contributed by atoms with van der Waals surface area (Å²) in [5.74, 6) is 0.386. The number of nitrogens with zero attached hydrogens (tertiary/aromatic N) is 4. The number of carbonyl (C=O) groups is 1. The fourth-order valence-corrected chi connectivity index (χ4v) is 2.49. The first kappa shape index (κ1) is 13.0. The second kappa shape index (κ2) is 5.16. The Labute approximate surface area is 116 Å². The Morgan fingerprint density at radius 2 is 2.35 bits per heavy atom. The van der Waals surface area contributed by atoms with Crippen LogP contribution in [-0.2, 0) is 0 Å². The van der Waals surface area contributed by atoms with Crippen molar-refractivity contribution >= 4 is 11.7 Å². The second-order valence-electron chi connectivity index (χ2n) is 5.19. The van der Waals surface area contributed by atoms with Crippen molar-refractivity contribution in [1.82, 2.24) is 30.2 Å². The fraction of sp³-hybridized carbons (Fsp3) is 0.538. The normalized spacial score (nSPS) is 18.6. The Hall–Kier alpha value is -2.02. The highest BCUT2D eigenvalue weighted by Gasteiger charge is 2.18. The zero-order chi connectivity index (χ0) is 14.1. The molecule has 20 heavy (non-hydrogen) atoms. The molecule has 0 aromatic carbocycles. The predicted octanol–water partition coefficient (Wildman–Crippen LogP) is 0.223. The summed E-state index contributed by atoms with van der Waals surface area (Å²) in [4.78, 5) is 20.5. The second-order valence-corrected chi connectivity index (χ2v) is 5.19. The van der Waals surface area contributed by atoms with Crippen LogP contribution in [0.15, 0.2) is 6.07 Å². The van der Waals surface area contributed by atoms with Gasteiger partial charge < -0.3 is 10.6 Å². The van der Waals surface area contributed by atoms with Crippen molar-refractivity contribution in [1.29, 1.82) is 0 Å². The molecular weight excluding hydrogens is 256 g/mol. The van der Waals surface area contributed by atoms with Crippen LogP contribution in [-0.4, -0.2) is 44.6 Å². The molecule has 106 valence electrons. The Morgan fingerprint density at radius 1 is 1.50 bits per heavy atom. The number of fused-ring (bicyclic) bond motifs is 1. The molecule has 1 aliphatic rings. The summed E-state index contributed by atoms with van der Waals surface area (Å²) in [5.41, 5.74) is 1.78. The van der Waals surface area contributed by atoms with Crippen molar-refractivity contribution in [2.75, 3.05) is 13.1 Å². The molecule has 1 unspecified atom stereocenters. The number of aromatic nitrogens is 4. The SMILES string of the molecule is Cc1cc(C)n2nc(C(=O)NCC3CCCN3)nc2n1. The largest absolute Gasteiger partial charge is 0.348 e. The molecule has 7 heteroatoms. The first-order valence-electron chi connectivity index (χ1n) is 6.86. The van der Waals surface area contributed by atoms with Gasteiger partial charge in [-0.15, -0.1) is 5.10 Å². The minimum Gasteiger partial charge on any atom is -0.348 e. The Morgan fingerprint density at radius 3 is 3.10 bits per heavy atom. The van der Waals surface area contributed by atoms with Gasteiger partial charge in [-0.05, 0) is 39.3 Å². The van der Waals surface area contributed by atoms with E-state index in [9.17, 15) is 4.79 Å². The van der Waals surface area contributed by atoms with Crippen molar-refractivity contribution in [2.24, 2.45) is 0 Å². The number of aryl methyl sites for hydroxylation is 2. The van der Waals surface area contributed by atoms with Crippen LogP contribution in [0.1, 0.15) is 34.8 Å².